The number of fused-ring (bicyclic) bond motifs is 1. The number of pyridine rings is 1. The molecule has 0 aliphatic heterocycles. The van der Waals surface area contributed by atoms with Crippen molar-refractivity contribution in [3.8, 4) is 11.5 Å². The molecule has 0 aliphatic rings. The Morgan fingerprint density at radius 1 is 1.16 bits per heavy atom. The molecule has 3 rings (SSSR count). The van der Waals surface area contributed by atoms with E-state index in [0.29, 0.717) is 46.3 Å². The van der Waals surface area contributed by atoms with Gasteiger partial charge in [0, 0.05) is 35.9 Å². The first-order valence-electron chi connectivity index (χ1n) is 9.65. The van der Waals surface area contributed by atoms with E-state index in [4.69, 9.17) is 21.7 Å². The number of anilines is 1. The number of rotatable bonds is 8. The van der Waals surface area contributed by atoms with Crippen LogP contribution in [0, 0.1) is 5.82 Å². The molecular formula is C22H24FN3O4S. The highest BCUT2D eigenvalue weighted by Gasteiger charge is 2.15. The molecule has 0 bridgehead atoms. The first-order valence-corrected chi connectivity index (χ1v) is 10.1. The van der Waals surface area contributed by atoms with Crippen LogP contribution in [0.4, 0.5) is 10.1 Å². The van der Waals surface area contributed by atoms with Crippen molar-refractivity contribution in [2.45, 2.75) is 13.0 Å². The van der Waals surface area contributed by atoms with Gasteiger partial charge in [-0.1, -0.05) is 0 Å². The average Bonchev–Trinajstić information content (AvgIpc) is 2.77. The van der Waals surface area contributed by atoms with Gasteiger partial charge in [0.15, 0.2) is 16.6 Å². The molecule has 7 nitrogen and oxygen atoms in total. The predicted octanol–water partition coefficient (Wildman–Crippen LogP) is 3.27. The van der Waals surface area contributed by atoms with Crippen molar-refractivity contribution in [1.29, 1.82) is 0 Å². The zero-order valence-electron chi connectivity index (χ0n) is 17.3. The lowest BCUT2D eigenvalue weighted by Crippen LogP contribution is -2.37. The fourth-order valence-corrected chi connectivity index (χ4v) is 3.42. The van der Waals surface area contributed by atoms with Gasteiger partial charge in [0.2, 0.25) is 0 Å². The number of aliphatic hydroxyl groups is 1. The summed E-state index contributed by atoms with van der Waals surface area (Å²) in [4.78, 5) is 17.4. The van der Waals surface area contributed by atoms with E-state index in [1.54, 1.807) is 42.3 Å². The maximum atomic E-state index is 13.2. The van der Waals surface area contributed by atoms with Gasteiger partial charge >= 0.3 is 0 Å². The van der Waals surface area contributed by atoms with Crippen LogP contribution in [0.25, 0.3) is 10.9 Å². The van der Waals surface area contributed by atoms with Crippen molar-refractivity contribution in [1.82, 2.24) is 9.88 Å². The van der Waals surface area contributed by atoms with E-state index in [0.717, 1.165) is 5.39 Å². The van der Waals surface area contributed by atoms with Crippen molar-refractivity contribution >= 4 is 33.9 Å². The quantitative estimate of drug-likeness (QED) is 0.459. The first kappa shape index (κ1) is 22.5. The van der Waals surface area contributed by atoms with Crippen LogP contribution in [0.5, 0.6) is 11.5 Å². The van der Waals surface area contributed by atoms with E-state index in [1.165, 1.54) is 19.2 Å². The summed E-state index contributed by atoms with van der Waals surface area (Å²) < 4.78 is 23.8. The second-order valence-electron chi connectivity index (χ2n) is 6.85. The summed E-state index contributed by atoms with van der Waals surface area (Å²) in [5.74, 6) is 0.731. The Balaban J connectivity index is 1.88. The Morgan fingerprint density at radius 3 is 2.48 bits per heavy atom. The molecule has 0 unspecified atom stereocenters. The van der Waals surface area contributed by atoms with Gasteiger partial charge in [0.25, 0.3) is 5.56 Å². The third-order valence-corrected chi connectivity index (χ3v) is 5.12. The van der Waals surface area contributed by atoms with E-state index in [9.17, 15) is 14.3 Å². The molecule has 1 aromatic heterocycles. The summed E-state index contributed by atoms with van der Waals surface area (Å²) in [6.45, 7) is 0.653. The minimum atomic E-state index is -0.344. The Kier molecular flexibility index (Phi) is 7.43. The molecule has 9 heteroatoms. The molecule has 0 atom stereocenters. The lowest BCUT2D eigenvalue weighted by molar-refractivity contribution is 0.266. The molecular weight excluding hydrogens is 421 g/mol. The van der Waals surface area contributed by atoms with E-state index in [1.807, 2.05) is 0 Å². The topological polar surface area (TPSA) is 86.8 Å². The monoisotopic (exact) mass is 445 g/mol. The summed E-state index contributed by atoms with van der Waals surface area (Å²) in [7, 11) is 3.08. The van der Waals surface area contributed by atoms with Gasteiger partial charge in [-0.15, -0.1) is 0 Å². The SMILES string of the molecule is COc1cc2cc(CN(CCCO)C(=S)Nc3ccc(F)cc3)c(=O)[nH]c2cc1OC. The number of halogens is 1. The number of hydrogen-bond donors (Lipinski definition) is 3. The summed E-state index contributed by atoms with van der Waals surface area (Å²) in [5, 5.41) is 13.5. The highest BCUT2D eigenvalue weighted by molar-refractivity contribution is 7.80. The molecule has 3 N–H and O–H groups in total. The summed E-state index contributed by atoms with van der Waals surface area (Å²) in [6.07, 6.45) is 0.474. The minimum Gasteiger partial charge on any atom is -0.493 e. The summed E-state index contributed by atoms with van der Waals surface area (Å²) >= 11 is 5.50. The molecule has 0 amide bonds. The van der Waals surface area contributed by atoms with Gasteiger partial charge in [-0.3, -0.25) is 4.79 Å². The lowest BCUT2D eigenvalue weighted by Gasteiger charge is -2.25. The number of thiocarbonyl (C=S) groups is 1. The fraction of sp³-hybridized carbons (Fsp3) is 0.273. The van der Waals surface area contributed by atoms with Gasteiger partial charge in [-0.05, 0) is 55.0 Å². The second-order valence-corrected chi connectivity index (χ2v) is 7.24. The Labute approximate surface area is 184 Å². The van der Waals surface area contributed by atoms with Crippen LogP contribution in [-0.2, 0) is 6.54 Å². The van der Waals surface area contributed by atoms with Gasteiger partial charge in [0.1, 0.15) is 5.82 Å². The number of aromatic amines is 1. The maximum Gasteiger partial charge on any atom is 0.253 e. The van der Waals surface area contributed by atoms with Crippen molar-refractivity contribution in [3.05, 3.63) is 64.2 Å². The average molecular weight is 446 g/mol. The Bertz CT molecular complexity index is 1120. The van der Waals surface area contributed by atoms with Gasteiger partial charge in [0.05, 0.1) is 26.3 Å². The van der Waals surface area contributed by atoms with Gasteiger partial charge in [-0.2, -0.15) is 0 Å². The summed E-state index contributed by atoms with van der Waals surface area (Å²) in [6, 6.07) is 11.1. The number of benzene rings is 2. The Morgan fingerprint density at radius 2 is 1.84 bits per heavy atom. The van der Waals surface area contributed by atoms with Gasteiger partial charge in [-0.25, -0.2) is 4.39 Å². The maximum absolute atomic E-state index is 13.2. The molecule has 0 radical (unpaired) electrons. The second kappa shape index (κ2) is 10.2. The third kappa shape index (κ3) is 5.50. The van der Waals surface area contributed by atoms with Crippen LogP contribution < -0.4 is 20.3 Å². The normalized spacial score (nSPS) is 10.7. The molecule has 0 aliphatic carbocycles. The predicted molar refractivity (Wildman–Crippen MR) is 122 cm³/mol. The number of ether oxygens (including phenoxy) is 2. The van der Waals surface area contributed by atoms with Crippen molar-refractivity contribution in [3.63, 3.8) is 0 Å². The van der Waals surface area contributed by atoms with Crippen LogP contribution in [0.15, 0.2) is 47.3 Å². The van der Waals surface area contributed by atoms with E-state index in [2.05, 4.69) is 10.3 Å². The highest BCUT2D eigenvalue weighted by Crippen LogP contribution is 2.31. The Hall–Kier alpha value is -3.17. The van der Waals surface area contributed by atoms with Crippen molar-refractivity contribution in [2.75, 3.05) is 32.7 Å². The zero-order chi connectivity index (χ0) is 22.4. The molecule has 0 fully saturated rings. The third-order valence-electron chi connectivity index (χ3n) is 4.76. The first-order chi connectivity index (χ1) is 14.9. The largest absolute Gasteiger partial charge is 0.493 e. The van der Waals surface area contributed by atoms with Crippen LogP contribution in [0.2, 0.25) is 0 Å². The molecule has 164 valence electrons. The van der Waals surface area contributed by atoms with Crippen LogP contribution >= 0.6 is 12.2 Å². The summed E-state index contributed by atoms with van der Waals surface area (Å²) in [5.41, 5.74) is 1.50. The number of nitrogens with zero attached hydrogens (tertiary/aromatic N) is 1. The van der Waals surface area contributed by atoms with E-state index < -0.39 is 0 Å². The molecule has 0 saturated heterocycles. The highest BCUT2D eigenvalue weighted by atomic mass is 32.1. The number of H-pyrrole nitrogens is 1. The molecule has 3 aromatic rings. The fourth-order valence-electron chi connectivity index (χ4n) is 3.15. The van der Waals surface area contributed by atoms with Gasteiger partial charge < -0.3 is 29.8 Å². The number of hydrogen-bond acceptors (Lipinski definition) is 5. The van der Waals surface area contributed by atoms with Crippen LogP contribution in [0.3, 0.4) is 0 Å². The van der Waals surface area contributed by atoms with Crippen molar-refractivity contribution in [2.24, 2.45) is 0 Å². The minimum absolute atomic E-state index is 0.0132. The zero-order valence-corrected chi connectivity index (χ0v) is 18.1. The molecule has 31 heavy (non-hydrogen) atoms. The lowest BCUT2D eigenvalue weighted by atomic mass is 10.1. The van der Waals surface area contributed by atoms with Crippen LogP contribution in [0.1, 0.15) is 12.0 Å². The van der Waals surface area contributed by atoms with Crippen LogP contribution in [-0.4, -0.2) is 47.5 Å². The number of aromatic nitrogens is 1. The molecule has 0 spiro atoms. The van der Waals surface area contributed by atoms with E-state index in [-0.39, 0.29) is 24.5 Å². The molecule has 1 heterocycles. The standard InChI is InChI=1S/C22H24FN3O4S/c1-29-19-11-14-10-15(21(28)25-18(14)12-20(19)30-2)13-26(8-3-9-27)22(31)24-17-6-4-16(23)5-7-17/h4-7,10-12,27H,3,8-9,13H2,1-2H3,(H,24,31)(H,25,28). The molecule has 0 saturated carbocycles. The number of nitrogens with one attached hydrogen (secondary N) is 2. The number of methoxy groups -OCH3 is 2. The molecule has 2 aromatic carbocycles. The smallest absolute Gasteiger partial charge is 0.253 e. The van der Waals surface area contributed by atoms with E-state index >= 15 is 0 Å². The van der Waals surface area contributed by atoms with Crippen molar-refractivity contribution < 1.29 is 19.0 Å². The number of aliphatic hydroxyl groups excluding tert-OH is 1.